The molecule has 1 N–H and O–H groups in total. The van der Waals surface area contributed by atoms with Crippen LogP contribution in [0.5, 0.6) is 0 Å². The maximum atomic E-state index is 13.2. The summed E-state index contributed by atoms with van der Waals surface area (Å²) >= 11 is 0. The Morgan fingerprint density at radius 1 is 1.03 bits per heavy atom. The van der Waals surface area contributed by atoms with E-state index in [0.29, 0.717) is 13.0 Å². The van der Waals surface area contributed by atoms with Gasteiger partial charge in [-0.1, -0.05) is 36.4 Å². The van der Waals surface area contributed by atoms with Crippen LogP contribution in [0.25, 0.3) is 0 Å². The molecule has 0 aliphatic carbocycles. The van der Waals surface area contributed by atoms with Crippen LogP contribution in [0.15, 0.2) is 59.5 Å². The van der Waals surface area contributed by atoms with Crippen molar-refractivity contribution < 1.29 is 26.3 Å². The summed E-state index contributed by atoms with van der Waals surface area (Å²) in [6.45, 7) is 0.946. The van der Waals surface area contributed by atoms with Crippen LogP contribution in [0.3, 0.4) is 0 Å². The number of halogens is 3. The Balaban J connectivity index is 1.31. The summed E-state index contributed by atoms with van der Waals surface area (Å²) in [4.78, 5) is 2.21. The quantitative estimate of drug-likeness (QED) is 0.748. The molecule has 3 atom stereocenters. The Labute approximate surface area is 173 Å². The van der Waals surface area contributed by atoms with Gasteiger partial charge in [0.05, 0.1) is 22.7 Å². The van der Waals surface area contributed by atoms with Crippen molar-refractivity contribution >= 4 is 10.0 Å². The number of likely N-dealkylation sites (tertiary alicyclic amines) is 1. The van der Waals surface area contributed by atoms with E-state index in [1.807, 2.05) is 4.90 Å². The van der Waals surface area contributed by atoms with Crippen molar-refractivity contribution in [1.29, 1.82) is 0 Å². The van der Waals surface area contributed by atoms with Crippen molar-refractivity contribution in [2.45, 2.75) is 48.7 Å². The molecule has 0 saturated carbocycles. The van der Waals surface area contributed by atoms with E-state index in [9.17, 15) is 21.6 Å². The molecular formula is C21H23F3N2O3S. The SMILES string of the molecule is O=S(=O)(NC[C@@H]1CC[C@@H]2[C@@H](CN2Cc2ccccc2C(F)(F)F)O1)c1ccccc1. The second kappa shape index (κ2) is 8.30. The highest BCUT2D eigenvalue weighted by Gasteiger charge is 2.45. The maximum Gasteiger partial charge on any atom is 0.416 e. The van der Waals surface area contributed by atoms with E-state index in [4.69, 9.17) is 4.74 Å². The molecule has 2 aromatic rings. The maximum absolute atomic E-state index is 13.2. The van der Waals surface area contributed by atoms with Gasteiger partial charge in [0.2, 0.25) is 10.0 Å². The van der Waals surface area contributed by atoms with Gasteiger partial charge in [-0.05, 0) is 36.6 Å². The Kier molecular flexibility index (Phi) is 5.89. The lowest BCUT2D eigenvalue weighted by molar-refractivity contribution is -0.169. The number of alkyl halides is 3. The topological polar surface area (TPSA) is 58.6 Å². The van der Waals surface area contributed by atoms with Gasteiger partial charge in [-0.25, -0.2) is 13.1 Å². The molecule has 2 saturated heterocycles. The Hall–Kier alpha value is -1.94. The monoisotopic (exact) mass is 440 g/mol. The number of sulfonamides is 1. The van der Waals surface area contributed by atoms with E-state index < -0.39 is 21.8 Å². The van der Waals surface area contributed by atoms with E-state index >= 15 is 0 Å². The second-order valence-corrected chi connectivity index (χ2v) is 9.46. The summed E-state index contributed by atoms with van der Waals surface area (Å²) in [7, 11) is -3.59. The summed E-state index contributed by atoms with van der Waals surface area (Å²) in [5, 5.41) is 0. The Morgan fingerprint density at radius 3 is 2.43 bits per heavy atom. The molecule has 0 bridgehead atoms. The van der Waals surface area contributed by atoms with Crippen LogP contribution in [-0.4, -0.2) is 44.7 Å². The lowest BCUT2D eigenvalue weighted by atomic mass is 9.89. The van der Waals surface area contributed by atoms with Gasteiger partial charge in [-0.2, -0.15) is 13.2 Å². The molecule has 0 aromatic heterocycles. The van der Waals surface area contributed by atoms with Crippen molar-refractivity contribution in [2.75, 3.05) is 13.1 Å². The highest BCUT2D eigenvalue weighted by molar-refractivity contribution is 7.89. The fraction of sp³-hybridized carbons (Fsp3) is 0.429. The van der Waals surface area contributed by atoms with Gasteiger partial charge < -0.3 is 4.74 Å². The van der Waals surface area contributed by atoms with Crippen LogP contribution in [0.1, 0.15) is 24.0 Å². The molecule has 0 radical (unpaired) electrons. The lowest BCUT2D eigenvalue weighted by Crippen LogP contribution is -2.64. The third-order valence-electron chi connectivity index (χ3n) is 5.72. The zero-order valence-electron chi connectivity index (χ0n) is 16.2. The molecule has 0 amide bonds. The first kappa shape index (κ1) is 21.3. The van der Waals surface area contributed by atoms with Crippen LogP contribution in [-0.2, 0) is 27.5 Å². The average molecular weight is 440 g/mol. The molecular weight excluding hydrogens is 417 g/mol. The van der Waals surface area contributed by atoms with Crippen molar-refractivity contribution in [1.82, 2.24) is 9.62 Å². The first-order chi connectivity index (χ1) is 14.2. The first-order valence-electron chi connectivity index (χ1n) is 9.83. The molecule has 2 heterocycles. The summed E-state index contributed by atoms with van der Waals surface area (Å²) in [6, 6.07) is 13.8. The predicted molar refractivity (Wildman–Crippen MR) is 105 cm³/mol. The number of rotatable bonds is 6. The van der Waals surface area contributed by atoms with Crippen molar-refractivity contribution in [3.8, 4) is 0 Å². The standard InChI is InChI=1S/C21H23F3N2O3S/c22-21(23,24)18-9-5-4-6-15(18)13-26-14-20-19(26)11-10-16(29-20)12-25-30(27,28)17-7-2-1-3-8-17/h1-9,16,19-20,25H,10-14H2/t16-,19+,20+/m0/s1. The minimum absolute atomic E-state index is 0.0632. The lowest BCUT2D eigenvalue weighted by Gasteiger charge is -2.52. The van der Waals surface area contributed by atoms with Gasteiger partial charge in [0.25, 0.3) is 0 Å². The molecule has 9 heteroatoms. The molecule has 2 fully saturated rings. The number of hydrogen-bond donors (Lipinski definition) is 1. The molecule has 2 aliphatic heterocycles. The summed E-state index contributed by atoms with van der Waals surface area (Å²) < 4.78 is 72.9. The highest BCUT2D eigenvalue weighted by atomic mass is 32.2. The molecule has 4 rings (SSSR count). The fourth-order valence-corrected chi connectivity index (χ4v) is 5.22. The third kappa shape index (κ3) is 4.54. The molecule has 162 valence electrons. The Bertz CT molecular complexity index is 982. The van der Waals surface area contributed by atoms with E-state index in [0.717, 1.165) is 12.5 Å². The van der Waals surface area contributed by atoms with Crippen LogP contribution in [0.2, 0.25) is 0 Å². The van der Waals surface area contributed by atoms with E-state index in [-0.39, 0.29) is 41.8 Å². The van der Waals surface area contributed by atoms with Crippen molar-refractivity contribution in [3.05, 3.63) is 65.7 Å². The number of ether oxygens (including phenoxy) is 1. The smallest absolute Gasteiger partial charge is 0.371 e. The number of nitrogens with zero attached hydrogens (tertiary/aromatic N) is 1. The predicted octanol–water partition coefficient (Wildman–Crippen LogP) is 3.42. The third-order valence-corrected chi connectivity index (χ3v) is 7.15. The van der Waals surface area contributed by atoms with Crippen LogP contribution < -0.4 is 4.72 Å². The largest absolute Gasteiger partial charge is 0.416 e. The van der Waals surface area contributed by atoms with E-state index in [2.05, 4.69) is 4.72 Å². The highest BCUT2D eigenvalue weighted by Crippen LogP contribution is 2.37. The van der Waals surface area contributed by atoms with Gasteiger partial charge in [-0.15, -0.1) is 0 Å². The summed E-state index contributed by atoms with van der Waals surface area (Å²) in [5.74, 6) is 0. The normalized spacial score (nSPS) is 24.8. The van der Waals surface area contributed by atoms with E-state index in [1.54, 1.807) is 24.3 Å². The Morgan fingerprint density at radius 2 is 1.73 bits per heavy atom. The number of nitrogens with one attached hydrogen (secondary N) is 1. The zero-order valence-corrected chi connectivity index (χ0v) is 17.0. The molecule has 0 unspecified atom stereocenters. The van der Waals surface area contributed by atoms with Crippen LogP contribution in [0, 0.1) is 0 Å². The number of fused-ring (bicyclic) bond motifs is 1. The minimum Gasteiger partial charge on any atom is -0.371 e. The van der Waals surface area contributed by atoms with Gasteiger partial charge in [0.1, 0.15) is 0 Å². The van der Waals surface area contributed by atoms with Crippen molar-refractivity contribution in [3.63, 3.8) is 0 Å². The average Bonchev–Trinajstić information content (AvgIpc) is 2.71. The first-order valence-corrected chi connectivity index (χ1v) is 11.3. The van der Waals surface area contributed by atoms with Gasteiger partial charge in [0.15, 0.2) is 0 Å². The number of hydrogen-bond acceptors (Lipinski definition) is 4. The molecule has 30 heavy (non-hydrogen) atoms. The summed E-state index contributed by atoms with van der Waals surface area (Å²) in [5.41, 5.74) is -0.334. The van der Waals surface area contributed by atoms with Gasteiger partial charge >= 0.3 is 6.18 Å². The molecule has 2 aromatic carbocycles. The number of benzene rings is 2. The van der Waals surface area contributed by atoms with Crippen LogP contribution >= 0.6 is 0 Å². The van der Waals surface area contributed by atoms with Gasteiger partial charge in [-0.3, -0.25) is 4.90 Å². The van der Waals surface area contributed by atoms with Gasteiger partial charge in [0, 0.05) is 25.7 Å². The molecule has 2 aliphatic rings. The molecule has 0 spiro atoms. The molecule has 5 nitrogen and oxygen atoms in total. The zero-order chi connectivity index (χ0) is 21.4. The second-order valence-electron chi connectivity index (χ2n) is 7.69. The van der Waals surface area contributed by atoms with E-state index in [1.165, 1.54) is 24.3 Å². The summed E-state index contributed by atoms with van der Waals surface area (Å²) in [6.07, 6.45) is -3.28. The fourth-order valence-electron chi connectivity index (χ4n) is 4.13. The minimum atomic E-state index is -4.37. The van der Waals surface area contributed by atoms with Crippen LogP contribution in [0.4, 0.5) is 13.2 Å². The van der Waals surface area contributed by atoms with Crippen molar-refractivity contribution in [2.24, 2.45) is 0 Å².